The fraction of sp³-hybridized carbons (Fsp3) is 0.250. The van der Waals surface area contributed by atoms with E-state index in [-0.39, 0.29) is 12.4 Å². The molecule has 0 radical (unpaired) electrons. The van der Waals surface area contributed by atoms with Gasteiger partial charge in [-0.1, -0.05) is 61.0 Å². The van der Waals surface area contributed by atoms with Crippen LogP contribution in [0.15, 0.2) is 65.9 Å². The summed E-state index contributed by atoms with van der Waals surface area (Å²) in [6.07, 6.45) is -0.951. The quantitative estimate of drug-likeness (QED) is 0.415. The van der Waals surface area contributed by atoms with Gasteiger partial charge in [-0.3, -0.25) is 10.1 Å². The second kappa shape index (κ2) is 8.22. The lowest BCUT2D eigenvalue weighted by molar-refractivity contribution is -0.570. The number of carbonyl (C=O) groups excluding carboxylic acids is 1. The molecule has 0 aliphatic carbocycles. The van der Waals surface area contributed by atoms with Crippen LogP contribution in [-0.2, 0) is 20.9 Å². The third-order valence-corrected chi connectivity index (χ3v) is 4.66. The van der Waals surface area contributed by atoms with Crippen LogP contribution >= 0.6 is 11.6 Å². The monoisotopic (exact) mass is 387 g/mol. The Kier molecular flexibility index (Phi) is 5.76. The number of benzene rings is 2. The highest BCUT2D eigenvalue weighted by molar-refractivity contribution is 6.30. The average Bonchev–Trinajstić information content (AvgIpc) is 3.07. The number of esters is 1. The third kappa shape index (κ3) is 4.11. The summed E-state index contributed by atoms with van der Waals surface area (Å²) < 4.78 is 10.8. The lowest BCUT2D eigenvalue weighted by atomic mass is 9.89. The van der Waals surface area contributed by atoms with Crippen LogP contribution in [0, 0.1) is 10.1 Å². The van der Waals surface area contributed by atoms with E-state index in [0.29, 0.717) is 22.6 Å². The standard InChI is InChI=1S/C20H18ClNO5/c1-2-16-17(14-8-10-15(21)11-9-14)19(22(24)25)27-18(16)20(23)26-12-13-6-4-3-5-7-13/h3-11,17,19H,2,12H2,1H3/t17-,19-/m0/s1. The smallest absolute Gasteiger partial charge is 0.374 e. The molecule has 0 bridgehead atoms. The third-order valence-electron chi connectivity index (χ3n) is 4.41. The molecular weight excluding hydrogens is 370 g/mol. The van der Waals surface area contributed by atoms with Crippen LogP contribution in [0.1, 0.15) is 30.4 Å². The fourth-order valence-corrected chi connectivity index (χ4v) is 3.25. The van der Waals surface area contributed by atoms with Gasteiger partial charge in [0, 0.05) is 5.02 Å². The Morgan fingerprint density at radius 3 is 2.44 bits per heavy atom. The maximum atomic E-state index is 12.5. The highest BCUT2D eigenvalue weighted by atomic mass is 35.5. The second-order valence-corrected chi connectivity index (χ2v) is 6.53. The van der Waals surface area contributed by atoms with Crippen LogP contribution in [0.2, 0.25) is 5.02 Å². The SMILES string of the molecule is CCC1=C(C(=O)OCc2ccccc2)O[C@H]([N+](=O)[O-])[C@H]1c1ccc(Cl)cc1. The van der Waals surface area contributed by atoms with E-state index in [9.17, 15) is 14.9 Å². The first-order valence-corrected chi connectivity index (χ1v) is 8.88. The van der Waals surface area contributed by atoms with E-state index in [2.05, 4.69) is 0 Å². The van der Waals surface area contributed by atoms with Gasteiger partial charge in [-0.05, 0) is 35.3 Å². The first-order chi connectivity index (χ1) is 13.0. The summed E-state index contributed by atoms with van der Waals surface area (Å²) in [5.41, 5.74) is 2.04. The van der Waals surface area contributed by atoms with Crippen LogP contribution in [0.4, 0.5) is 0 Å². The van der Waals surface area contributed by atoms with E-state index in [0.717, 1.165) is 5.56 Å². The molecule has 0 saturated carbocycles. The fourth-order valence-electron chi connectivity index (χ4n) is 3.13. The summed E-state index contributed by atoms with van der Waals surface area (Å²) in [7, 11) is 0. The van der Waals surface area contributed by atoms with Crippen LogP contribution < -0.4 is 0 Å². The van der Waals surface area contributed by atoms with E-state index >= 15 is 0 Å². The molecule has 3 rings (SSSR count). The molecule has 0 aromatic heterocycles. The highest BCUT2D eigenvalue weighted by Crippen LogP contribution is 2.41. The lowest BCUT2D eigenvalue weighted by Crippen LogP contribution is -2.26. The van der Waals surface area contributed by atoms with E-state index < -0.39 is 23.0 Å². The molecule has 1 aliphatic rings. The summed E-state index contributed by atoms with van der Waals surface area (Å²) in [5.74, 6) is -1.43. The number of ether oxygens (including phenoxy) is 2. The van der Waals surface area contributed by atoms with E-state index in [1.807, 2.05) is 37.3 Å². The molecule has 1 heterocycles. The van der Waals surface area contributed by atoms with Gasteiger partial charge >= 0.3 is 12.2 Å². The number of carbonyl (C=O) groups is 1. The second-order valence-electron chi connectivity index (χ2n) is 6.09. The molecule has 2 atom stereocenters. The Morgan fingerprint density at radius 1 is 1.19 bits per heavy atom. The number of nitrogens with zero attached hydrogens (tertiary/aromatic N) is 1. The molecule has 0 N–H and O–H groups in total. The largest absolute Gasteiger partial charge is 0.455 e. The Morgan fingerprint density at radius 2 is 1.85 bits per heavy atom. The molecule has 0 unspecified atom stereocenters. The summed E-state index contributed by atoms with van der Waals surface area (Å²) in [6.45, 7) is 1.90. The van der Waals surface area contributed by atoms with Crippen LogP contribution in [-0.4, -0.2) is 17.1 Å². The zero-order chi connectivity index (χ0) is 19.4. The number of halogens is 1. The van der Waals surface area contributed by atoms with E-state index in [4.69, 9.17) is 21.1 Å². The van der Waals surface area contributed by atoms with Gasteiger partial charge in [0.2, 0.25) is 5.76 Å². The first-order valence-electron chi connectivity index (χ1n) is 8.51. The van der Waals surface area contributed by atoms with Crippen molar-refractivity contribution in [2.24, 2.45) is 0 Å². The maximum absolute atomic E-state index is 12.5. The van der Waals surface area contributed by atoms with Crippen molar-refractivity contribution in [2.75, 3.05) is 0 Å². The molecule has 6 nitrogen and oxygen atoms in total. The summed E-state index contributed by atoms with van der Waals surface area (Å²) in [4.78, 5) is 23.6. The first kappa shape index (κ1) is 18.9. The van der Waals surface area contributed by atoms with E-state index in [1.54, 1.807) is 24.3 Å². The molecule has 27 heavy (non-hydrogen) atoms. The molecule has 0 spiro atoms. The van der Waals surface area contributed by atoms with Crippen molar-refractivity contribution < 1.29 is 19.2 Å². The van der Waals surface area contributed by atoms with Crippen molar-refractivity contribution in [3.05, 3.63) is 92.2 Å². The van der Waals surface area contributed by atoms with Crippen molar-refractivity contribution >= 4 is 17.6 Å². The van der Waals surface area contributed by atoms with Gasteiger partial charge in [-0.15, -0.1) is 0 Å². The number of nitro groups is 1. The lowest BCUT2D eigenvalue weighted by Gasteiger charge is -2.14. The van der Waals surface area contributed by atoms with Crippen LogP contribution in [0.25, 0.3) is 0 Å². The molecular formula is C20H18ClNO5. The maximum Gasteiger partial charge on any atom is 0.374 e. The zero-order valence-corrected chi connectivity index (χ0v) is 15.4. The predicted molar refractivity (Wildman–Crippen MR) is 99.6 cm³/mol. The minimum atomic E-state index is -1.37. The van der Waals surface area contributed by atoms with Gasteiger partial charge in [-0.25, -0.2) is 4.79 Å². The normalized spacial score (nSPS) is 18.9. The Hall–Kier alpha value is -2.86. The van der Waals surface area contributed by atoms with Crippen molar-refractivity contribution in [2.45, 2.75) is 32.1 Å². The topological polar surface area (TPSA) is 78.7 Å². The minimum Gasteiger partial charge on any atom is -0.455 e. The zero-order valence-electron chi connectivity index (χ0n) is 14.6. The average molecular weight is 388 g/mol. The van der Waals surface area contributed by atoms with Gasteiger partial charge in [0.15, 0.2) is 0 Å². The molecule has 1 aliphatic heterocycles. The molecule has 2 aromatic rings. The van der Waals surface area contributed by atoms with Gasteiger partial charge in [0.05, 0.1) is 4.92 Å². The van der Waals surface area contributed by atoms with Crippen LogP contribution in [0.5, 0.6) is 0 Å². The van der Waals surface area contributed by atoms with E-state index in [1.165, 1.54) is 0 Å². The molecule has 2 aromatic carbocycles. The molecule has 0 fully saturated rings. The van der Waals surface area contributed by atoms with Crippen LogP contribution in [0.3, 0.4) is 0 Å². The number of hydrogen-bond acceptors (Lipinski definition) is 5. The van der Waals surface area contributed by atoms with Gasteiger partial charge < -0.3 is 9.47 Å². The Bertz CT molecular complexity index is 864. The minimum absolute atomic E-state index is 0.0677. The van der Waals surface area contributed by atoms with Gasteiger partial charge in [-0.2, -0.15) is 0 Å². The summed E-state index contributed by atoms with van der Waals surface area (Å²) >= 11 is 5.91. The predicted octanol–water partition coefficient (Wildman–Crippen LogP) is 4.46. The summed E-state index contributed by atoms with van der Waals surface area (Å²) in [5, 5.41) is 12.1. The Balaban J connectivity index is 1.87. The van der Waals surface area contributed by atoms with Gasteiger partial charge in [0.1, 0.15) is 12.5 Å². The van der Waals surface area contributed by atoms with Gasteiger partial charge in [0.25, 0.3) is 0 Å². The van der Waals surface area contributed by atoms with Crippen molar-refractivity contribution in [1.82, 2.24) is 0 Å². The molecule has 7 heteroatoms. The molecule has 0 saturated heterocycles. The van der Waals surface area contributed by atoms with Crippen molar-refractivity contribution in [3.63, 3.8) is 0 Å². The number of rotatable bonds is 6. The van der Waals surface area contributed by atoms with Crippen molar-refractivity contribution in [1.29, 1.82) is 0 Å². The summed E-state index contributed by atoms with van der Waals surface area (Å²) in [6, 6.07) is 15.9. The molecule has 140 valence electrons. The highest BCUT2D eigenvalue weighted by Gasteiger charge is 2.47. The molecule has 0 amide bonds. The van der Waals surface area contributed by atoms with Crippen molar-refractivity contribution in [3.8, 4) is 0 Å². The Labute approximate surface area is 161 Å². The number of hydrogen-bond donors (Lipinski definition) is 0.